The zero-order valence-corrected chi connectivity index (χ0v) is 17.7. The van der Waals surface area contributed by atoms with Crippen LogP contribution in [0, 0.1) is 0 Å². The van der Waals surface area contributed by atoms with Crippen LogP contribution in [0.1, 0.15) is 31.7 Å². The maximum atomic E-state index is 5.69. The number of guanidine groups is 1. The molecule has 1 aliphatic rings. The van der Waals surface area contributed by atoms with Crippen LogP contribution in [0.15, 0.2) is 35.3 Å². The molecule has 1 saturated heterocycles. The second-order valence-electron chi connectivity index (χ2n) is 6.13. The first-order chi connectivity index (χ1) is 11.9. The predicted octanol–water partition coefficient (Wildman–Crippen LogP) is 2.86. The summed E-state index contributed by atoms with van der Waals surface area (Å²) in [6.45, 7) is 9.42. The third kappa shape index (κ3) is 10.0. The molecule has 6 heteroatoms. The van der Waals surface area contributed by atoms with Crippen LogP contribution in [0.5, 0.6) is 0 Å². The molecule has 0 atom stereocenters. The lowest BCUT2D eigenvalue weighted by molar-refractivity contribution is 0.125. The Morgan fingerprint density at radius 2 is 1.88 bits per heavy atom. The van der Waals surface area contributed by atoms with Crippen LogP contribution in [0.25, 0.3) is 0 Å². The molecule has 2 N–H and O–H groups in total. The van der Waals surface area contributed by atoms with E-state index in [1.54, 1.807) is 0 Å². The van der Waals surface area contributed by atoms with Crippen molar-refractivity contribution in [3.63, 3.8) is 0 Å². The maximum absolute atomic E-state index is 5.69. The summed E-state index contributed by atoms with van der Waals surface area (Å²) in [6.07, 6.45) is 4.05. The molecule has 1 aromatic rings. The van der Waals surface area contributed by atoms with E-state index < -0.39 is 0 Å². The Morgan fingerprint density at radius 3 is 2.60 bits per heavy atom. The molecule has 142 valence electrons. The first-order valence-corrected chi connectivity index (χ1v) is 9.24. The third-order valence-electron chi connectivity index (χ3n) is 4.13. The molecule has 1 aliphatic heterocycles. The van der Waals surface area contributed by atoms with Gasteiger partial charge in [0.2, 0.25) is 0 Å². The van der Waals surface area contributed by atoms with Crippen LogP contribution in [0.2, 0.25) is 0 Å². The van der Waals surface area contributed by atoms with Crippen LogP contribution in [0.3, 0.4) is 0 Å². The molecule has 5 nitrogen and oxygen atoms in total. The summed E-state index contributed by atoms with van der Waals surface area (Å²) in [5.74, 6) is 0.887. The van der Waals surface area contributed by atoms with Crippen molar-refractivity contribution in [2.75, 3.05) is 45.9 Å². The molecule has 2 rings (SSSR count). The van der Waals surface area contributed by atoms with Crippen molar-refractivity contribution >= 4 is 29.9 Å². The SMILES string of the molecule is CCNC(=NCCN1CCCCC1)NCCOCc1ccccc1.I. The van der Waals surface area contributed by atoms with E-state index in [2.05, 4.69) is 39.6 Å². The average Bonchev–Trinajstić information content (AvgIpc) is 2.63. The minimum Gasteiger partial charge on any atom is -0.375 e. The standard InChI is InChI=1S/C19H32N4O.HI/c1-2-20-19(21-11-15-23-13-7-4-8-14-23)22-12-16-24-17-18-9-5-3-6-10-18;/h3,5-6,9-10H,2,4,7-8,11-17H2,1H3,(H2,20,21,22);1H. The lowest BCUT2D eigenvalue weighted by Gasteiger charge is -2.25. The van der Waals surface area contributed by atoms with E-state index in [-0.39, 0.29) is 24.0 Å². The van der Waals surface area contributed by atoms with Gasteiger partial charge in [0, 0.05) is 19.6 Å². The lowest BCUT2D eigenvalue weighted by atomic mass is 10.1. The van der Waals surface area contributed by atoms with E-state index in [0.29, 0.717) is 13.2 Å². The van der Waals surface area contributed by atoms with Crippen molar-refractivity contribution < 1.29 is 4.74 Å². The summed E-state index contributed by atoms with van der Waals surface area (Å²) in [5, 5.41) is 6.63. The number of aliphatic imine (C=N–C) groups is 1. The molecule has 0 radical (unpaired) electrons. The molecule has 0 amide bonds. The van der Waals surface area contributed by atoms with Crippen LogP contribution in [-0.4, -0.2) is 56.7 Å². The Bertz CT molecular complexity index is 464. The molecule has 0 aromatic heterocycles. The van der Waals surface area contributed by atoms with E-state index in [9.17, 15) is 0 Å². The number of rotatable bonds is 9. The fraction of sp³-hybridized carbons (Fsp3) is 0.632. The Kier molecular flexibility index (Phi) is 12.7. The zero-order valence-electron chi connectivity index (χ0n) is 15.4. The van der Waals surface area contributed by atoms with Gasteiger partial charge in [-0.15, -0.1) is 24.0 Å². The van der Waals surface area contributed by atoms with Gasteiger partial charge in [-0.1, -0.05) is 36.8 Å². The third-order valence-corrected chi connectivity index (χ3v) is 4.13. The van der Waals surface area contributed by atoms with E-state index in [4.69, 9.17) is 4.74 Å². The Hall–Kier alpha value is -0.860. The van der Waals surface area contributed by atoms with Gasteiger partial charge in [0.05, 0.1) is 19.8 Å². The molecule has 0 unspecified atom stereocenters. The normalized spacial score (nSPS) is 15.5. The van der Waals surface area contributed by atoms with Crippen molar-refractivity contribution in [2.45, 2.75) is 32.8 Å². The van der Waals surface area contributed by atoms with Crippen LogP contribution < -0.4 is 10.6 Å². The zero-order chi connectivity index (χ0) is 16.9. The topological polar surface area (TPSA) is 48.9 Å². The van der Waals surface area contributed by atoms with Crippen molar-refractivity contribution in [1.82, 2.24) is 15.5 Å². The highest BCUT2D eigenvalue weighted by atomic mass is 127. The van der Waals surface area contributed by atoms with Gasteiger partial charge in [-0.25, -0.2) is 0 Å². The van der Waals surface area contributed by atoms with Gasteiger partial charge in [-0.2, -0.15) is 0 Å². The number of ether oxygens (including phenoxy) is 1. The fourth-order valence-corrected chi connectivity index (χ4v) is 2.83. The van der Waals surface area contributed by atoms with Crippen molar-refractivity contribution in [1.29, 1.82) is 0 Å². The van der Waals surface area contributed by atoms with Crippen molar-refractivity contribution in [3.8, 4) is 0 Å². The summed E-state index contributed by atoms with van der Waals surface area (Å²) in [7, 11) is 0. The number of nitrogens with zero attached hydrogens (tertiary/aromatic N) is 2. The van der Waals surface area contributed by atoms with Gasteiger partial charge in [-0.05, 0) is 38.4 Å². The summed E-state index contributed by atoms with van der Waals surface area (Å²) in [5.41, 5.74) is 1.21. The molecular weight excluding hydrogens is 427 g/mol. The quantitative estimate of drug-likeness (QED) is 0.258. The molecule has 0 bridgehead atoms. The van der Waals surface area contributed by atoms with Crippen LogP contribution >= 0.6 is 24.0 Å². The Morgan fingerprint density at radius 1 is 1.12 bits per heavy atom. The maximum Gasteiger partial charge on any atom is 0.191 e. The monoisotopic (exact) mass is 460 g/mol. The number of halogens is 1. The molecule has 0 saturated carbocycles. The minimum absolute atomic E-state index is 0. The molecular formula is C19H33IN4O. The first-order valence-electron chi connectivity index (χ1n) is 9.24. The summed E-state index contributed by atoms with van der Waals surface area (Å²) < 4.78 is 5.69. The summed E-state index contributed by atoms with van der Waals surface area (Å²) >= 11 is 0. The van der Waals surface area contributed by atoms with Crippen LogP contribution in [0.4, 0.5) is 0 Å². The van der Waals surface area contributed by atoms with Crippen molar-refractivity contribution in [2.24, 2.45) is 4.99 Å². The second kappa shape index (κ2) is 14.3. The highest BCUT2D eigenvalue weighted by molar-refractivity contribution is 14.0. The van der Waals surface area contributed by atoms with Gasteiger partial charge < -0.3 is 20.3 Å². The molecule has 0 aliphatic carbocycles. The number of hydrogen-bond acceptors (Lipinski definition) is 3. The average molecular weight is 460 g/mol. The number of benzene rings is 1. The van der Waals surface area contributed by atoms with Crippen LogP contribution in [-0.2, 0) is 11.3 Å². The molecule has 1 heterocycles. The van der Waals surface area contributed by atoms with E-state index in [0.717, 1.165) is 32.1 Å². The van der Waals surface area contributed by atoms with Gasteiger partial charge in [-0.3, -0.25) is 4.99 Å². The van der Waals surface area contributed by atoms with E-state index >= 15 is 0 Å². The minimum atomic E-state index is 0. The molecule has 1 fully saturated rings. The van der Waals surface area contributed by atoms with Gasteiger partial charge in [0.25, 0.3) is 0 Å². The second-order valence-corrected chi connectivity index (χ2v) is 6.13. The van der Waals surface area contributed by atoms with E-state index in [1.807, 2.05) is 18.2 Å². The number of piperidine rings is 1. The highest BCUT2D eigenvalue weighted by Gasteiger charge is 2.08. The van der Waals surface area contributed by atoms with E-state index in [1.165, 1.54) is 37.9 Å². The summed E-state index contributed by atoms with van der Waals surface area (Å²) in [6, 6.07) is 10.3. The smallest absolute Gasteiger partial charge is 0.191 e. The lowest BCUT2D eigenvalue weighted by Crippen LogP contribution is -2.40. The summed E-state index contributed by atoms with van der Waals surface area (Å²) in [4.78, 5) is 7.17. The molecule has 25 heavy (non-hydrogen) atoms. The number of likely N-dealkylation sites (tertiary alicyclic amines) is 1. The fourth-order valence-electron chi connectivity index (χ4n) is 2.83. The Labute approximate surface area is 169 Å². The van der Waals surface area contributed by atoms with Crippen molar-refractivity contribution in [3.05, 3.63) is 35.9 Å². The highest BCUT2D eigenvalue weighted by Crippen LogP contribution is 2.07. The van der Waals surface area contributed by atoms with Gasteiger partial charge in [0.1, 0.15) is 0 Å². The van der Waals surface area contributed by atoms with Gasteiger partial charge >= 0.3 is 0 Å². The largest absolute Gasteiger partial charge is 0.375 e. The first kappa shape index (κ1) is 22.2. The molecule has 1 aromatic carbocycles. The Balaban J connectivity index is 0.00000312. The number of nitrogens with one attached hydrogen (secondary N) is 2. The number of hydrogen-bond donors (Lipinski definition) is 2. The van der Waals surface area contributed by atoms with Gasteiger partial charge in [0.15, 0.2) is 5.96 Å². The molecule has 0 spiro atoms. The predicted molar refractivity (Wildman–Crippen MR) is 116 cm³/mol.